The maximum Gasteiger partial charge on any atom is 0.250 e. The first-order valence-electron chi connectivity index (χ1n) is 3.61. The lowest BCUT2D eigenvalue weighted by atomic mass is 10.2. The highest BCUT2D eigenvalue weighted by atomic mass is 16.6. The second kappa shape index (κ2) is 3.97. The molecule has 1 amide bonds. The Balaban J connectivity index is 2.87. The second-order valence-corrected chi connectivity index (χ2v) is 2.42. The molecule has 0 bridgehead atoms. The van der Waals surface area contributed by atoms with Gasteiger partial charge in [0, 0.05) is 13.3 Å². The first-order valence-corrected chi connectivity index (χ1v) is 3.61. The van der Waals surface area contributed by atoms with Crippen LogP contribution in [-0.2, 0) is 4.74 Å². The predicted octanol–water partition coefficient (Wildman–Crippen LogP) is -0.182. The van der Waals surface area contributed by atoms with Crippen LogP contribution in [0.15, 0.2) is 18.3 Å². The molecule has 1 rings (SSSR count). The molecule has 0 saturated carbocycles. The molecule has 5 heteroatoms. The number of aromatic nitrogens is 1. The molecule has 0 aliphatic carbocycles. The van der Waals surface area contributed by atoms with Crippen LogP contribution in [0.4, 0.5) is 0 Å². The average Bonchev–Trinajstić information content (AvgIpc) is 2.17. The molecule has 0 aliphatic heterocycles. The standard InChI is InChI=1S/C8H10N2O3/c1-13-8(12)6-3-2-5(4-10-6)7(9)11/h2-4,8,12H,1H3,(H2,9,11). The number of carbonyl (C=O) groups is 1. The fourth-order valence-corrected chi connectivity index (χ4v) is 0.818. The Bertz CT molecular complexity index is 297. The summed E-state index contributed by atoms with van der Waals surface area (Å²) in [6, 6.07) is 2.96. The van der Waals surface area contributed by atoms with Crippen molar-refractivity contribution in [2.75, 3.05) is 7.11 Å². The Morgan fingerprint density at radius 3 is 2.77 bits per heavy atom. The third kappa shape index (κ3) is 2.24. The summed E-state index contributed by atoms with van der Waals surface area (Å²) in [6.07, 6.45) is 0.224. The summed E-state index contributed by atoms with van der Waals surface area (Å²) in [4.78, 5) is 14.4. The fourth-order valence-electron chi connectivity index (χ4n) is 0.818. The van der Waals surface area contributed by atoms with Crippen molar-refractivity contribution in [1.29, 1.82) is 0 Å². The summed E-state index contributed by atoms with van der Waals surface area (Å²) in [5, 5.41) is 9.16. The Morgan fingerprint density at radius 2 is 2.38 bits per heavy atom. The van der Waals surface area contributed by atoms with Crippen LogP contribution in [0, 0.1) is 0 Å². The first-order chi connectivity index (χ1) is 6.15. The van der Waals surface area contributed by atoms with Gasteiger partial charge in [0.05, 0.1) is 11.3 Å². The highest BCUT2D eigenvalue weighted by Gasteiger charge is 2.07. The number of hydrogen-bond acceptors (Lipinski definition) is 4. The molecule has 5 nitrogen and oxygen atoms in total. The fraction of sp³-hybridized carbons (Fsp3) is 0.250. The van der Waals surface area contributed by atoms with E-state index in [0.29, 0.717) is 11.3 Å². The third-order valence-corrected chi connectivity index (χ3v) is 1.55. The molecular weight excluding hydrogens is 172 g/mol. The van der Waals surface area contributed by atoms with Crippen LogP contribution < -0.4 is 5.73 Å². The topological polar surface area (TPSA) is 85.4 Å². The number of carbonyl (C=O) groups excluding carboxylic acids is 1. The summed E-state index contributed by atoms with van der Waals surface area (Å²) in [5.74, 6) is -0.550. The quantitative estimate of drug-likeness (QED) is 0.635. The van der Waals surface area contributed by atoms with Crippen molar-refractivity contribution in [3.05, 3.63) is 29.6 Å². The molecular formula is C8H10N2O3. The molecule has 1 aromatic heterocycles. The molecule has 3 N–H and O–H groups in total. The van der Waals surface area contributed by atoms with Gasteiger partial charge in [0.15, 0.2) is 6.29 Å². The minimum atomic E-state index is -1.07. The van der Waals surface area contributed by atoms with Crippen molar-refractivity contribution < 1.29 is 14.6 Å². The summed E-state index contributed by atoms with van der Waals surface area (Å²) < 4.78 is 4.61. The lowest BCUT2D eigenvalue weighted by Crippen LogP contribution is -2.12. The van der Waals surface area contributed by atoms with Gasteiger partial charge in [0.25, 0.3) is 0 Å². The van der Waals surface area contributed by atoms with E-state index in [1.54, 1.807) is 0 Å². The zero-order valence-corrected chi connectivity index (χ0v) is 7.10. The number of nitrogens with two attached hydrogens (primary N) is 1. The highest BCUT2D eigenvalue weighted by Crippen LogP contribution is 2.09. The summed E-state index contributed by atoms with van der Waals surface area (Å²) in [7, 11) is 1.36. The molecule has 13 heavy (non-hydrogen) atoms. The van der Waals surface area contributed by atoms with Gasteiger partial charge in [-0.2, -0.15) is 0 Å². The van der Waals surface area contributed by atoms with Gasteiger partial charge in [-0.1, -0.05) is 0 Å². The largest absolute Gasteiger partial charge is 0.366 e. The summed E-state index contributed by atoms with van der Waals surface area (Å²) >= 11 is 0. The number of hydrogen-bond donors (Lipinski definition) is 2. The Labute approximate surface area is 75.2 Å². The van der Waals surface area contributed by atoms with Crippen LogP contribution in [0.1, 0.15) is 22.3 Å². The van der Waals surface area contributed by atoms with Crippen LogP contribution in [0.3, 0.4) is 0 Å². The number of nitrogens with zero attached hydrogens (tertiary/aromatic N) is 1. The highest BCUT2D eigenvalue weighted by molar-refractivity contribution is 5.92. The van der Waals surface area contributed by atoms with E-state index in [-0.39, 0.29) is 0 Å². The van der Waals surface area contributed by atoms with Gasteiger partial charge in [-0.3, -0.25) is 9.78 Å². The summed E-state index contributed by atoms with van der Waals surface area (Å²) in [5.41, 5.74) is 5.64. The van der Waals surface area contributed by atoms with E-state index in [2.05, 4.69) is 9.72 Å². The lowest BCUT2D eigenvalue weighted by molar-refractivity contribution is -0.0798. The van der Waals surface area contributed by atoms with Gasteiger partial charge in [0.1, 0.15) is 0 Å². The van der Waals surface area contributed by atoms with E-state index in [1.807, 2.05) is 0 Å². The van der Waals surface area contributed by atoms with Crippen LogP contribution in [0.5, 0.6) is 0 Å². The normalized spacial score (nSPS) is 12.5. The number of rotatable bonds is 3. The Kier molecular flexibility index (Phi) is 2.94. The second-order valence-electron chi connectivity index (χ2n) is 2.42. The number of primary amides is 1. The van der Waals surface area contributed by atoms with E-state index in [1.165, 1.54) is 25.4 Å². The van der Waals surface area contributed by atoms with Gasteiger partial charge in [-0.05, 0) is 12.1 Å². The Hall–Kier alpha value is -1.46. The van der Waals surface area contributed by atoms with Gasteiger partial charge >= 0.3 is 0 Å². The number of aliphatic hydroxyl groups is 1. The number of amides is 1. The molecule has 0 fully saturated rings. The van der Waals surface area contributed by atoms with Crippen LogP contribution in [-0.4, -0.2) is 23.1 Å². The van der Waals surface area contributed by atoms with Crippen molar-refractivity contribution in [1.82, 2.24) is 4.98 Å². The van der Waals surface area contributed by atoms with E-state index < -0.39 is 12.2 Å². The van der Waals surface area contributed by atoms with Gasteiger partial charge in [-0.15, -0.1) is 0 Å². The summed E-state index contributed by atoms with van der Waals surface area (Å²) in [6.45, 7) is 0. The monoisotopic (exact) mass is 182 g/mol. The molecule has 0 spiro atoms. The van der Waals surface area contributed by atoms with Crippen molar-refractivity contribution in [3.8, 4) is 0 Å². The molecule has 0 radical (unpaired) electrons. The molecule has 1 heterocycles. The van der Waals surface area contributed by atoms with E-state index in [4.69, 9.17) is 10.8 Å². The van der Waals surface area contributed by atoms with E-state index >= 15 is 0 Å². The van der Waals surface area contributed by atoms with Gasteiger partial charge < -0.3 is 15.6 Å². The smallest absolute Gasteiger partial charge is 0.250 e. The number of methoxy groups -OCH3 is 1. The van der Waals surface area contributed by atoms with E-state index in [9.17, 15) is 4.79 Å². The minimum absolute atomic E-state index is 0.298. The predicted molar refractivity (Wildman–Crippen MR) is 44.7 cm³/mol. The average molecular weight is 182 g/mol. The van der Waals surface area contributed by atoms with Crippen molar-refractivity contribution in [2.45, 2.75) is 6.29 Å². The zero-order valence-electron chi connectivity index (χ0n) is 7.10. The molecule has 0 aromatic carbocycles. The first kappa shape index (κ1) is 9.63. The molecule has 0 saturated heterocycles. The Morgan fingerprint density at radius 1 is 1.69 bits per heavy atom. The maximum absolute atomic E-state index is 10.6. The van der Waals surface area contributed by atoms with Crippen LogP contribution >= 0.6 is 0 Å². The number of aliphatic hydroxyl groups excluding tert-OH is 1. The SMILES string of the molecule is COC(O)c1ccc(C(N)=O)cn1. The molecule has 1 atom stereocenters. The molecule has 1 unspecified atom stereocenters. The molecule has 0 aliphatic rings. The minimum Gasteiger partial charge on any atom is -0.366 e. The molecule has 70 valence electrons. The number of pyridine rings is 1. The van der Waals surface area contributed by atoms with Crippen molar-refractivity contribution in [2.24, 2.45) is 5.73 Å². The van der Waals surface area contributed by atoms with Gasteiger partial charge in [-0.25, -0.2) is 0 Å². The maximum atomic E-state index is 10.6. The van der Waals surface area contributed by atoms with Crippen LogP contribution in [0.25, 0.3) is 0 Å². The van der Waals surface area contributed by atoms with E-state index in [0.717, 1.165) is 0 Å². The van der Waals surface area contributed by atoms with Crippen molar-refractivity contribution in [3.63, 3.8) is 0 Å². The van der Waals surface area contributed by atoms with Crippen LogP contribution in [0.2, 0.25) is 0 Å². The number of ether oxygens (including phenoxy) is 1. The third-order valence-electron chi connectivity index (χ3n) is 1.55. The zero-order chi connectivity index (χ0) is 9.84. The lowest BCUT2D eigenvalue weighted by Gasteiger charge is -2.06. The van der Waals surface area contributed by atoms with Crippen molar-refractivity contribution >= 4 is 5.91 Å². The van der Waals surface area contributed by atoms with Gasteiger partial charge in [0.2, 0.25) is 5.91 Å². The molecule has 1 aromatic rings.